The largest absolute Gasteiger partial charge is 0.348 e. The lowest BCUT2D eigenvalue weighted by atomic mass is 10.1. The Labute approximate surface area is 187 Å². The molecule has 1 unspecified atom stereocenters. The lowest BCUT2D eigenvalue weighted by molar-refractivity contribution is -0.120. The van der Waals surface area contributed by atoms with Crippen molar-refractivity contribution in [2.24, 2.45) is 0 Å². The minimum absolute atomic E-state index is 0.114. The van der Waals surface area contributed by atoms with Gasteiger partial charge in [0, 0.05) is 16.9 Å². The zero-order chi connectivity index (χ0) is 22.9. The van der Waals surface area contributed by atoms with Gasteiger partial charge in [0.05, 0.1) is 12.6 Å². The highest BCUT2D eigenvalue weighted by Gasteiger charge is 2.13. The topological polar surface area (TPSA) is 99.3 Å². The van der Waals surface area contributed by atoms with Gasteiger partial charge in [-0.1, -0.05) is 48.5 Å². The molecule has 3 aromatic rings. The van der Waals surface area contributed by atoms with E-state index in [1.54, 1.807) is 36.4 Å². The highest BCUT2D eigenvalue weighted by molar-refractivity contribution is 5.99. The third-order valence-corrected chi connectivity index (χ3v) is 4.88. The number of aryl methyl sites for hydroxylation is 1. The van der Waals surface area contributed by atoms with Gasteiger partial charge in [0.2, 0.25) is 5.91 Å². The first kappa shape index (κ1) is 22.6. The van der Waals surface area contributed by atoms with E-state index < -0.39 is 0 Å². The molecule has 3 aromatic carbocycles. The van der Waals surface area contributed by atoms with Crippen LogP contribution in [0.4, 0.5) is 16.2 Å². The number of carbonyl (C=O) groups is 3. The molecule has 4 N–H and O–H groups in total. The van der Waals surface area contributed by atoms with Crippen molar-refractivity contribution >= 4 is 29.2 Å². The summed E-state index contributed by atoms with van der Waals surface area (Å²) in [4.78, 5) is 36.6. The molecule has 0 saturated heterocycles. The van der Waals surface area contributed by atoms with Gasteiger partial charge in [-0.2, -0.15) is 0 Å². The van der Waals surface area contributed by atoms with E-state index in [1.807, 2.05) is 56.3 Å². The van der Waals surface area contributed by atoms with Crippen LogP contribution in [0.25, 0.3) is 0 Å². The fraction of sp³-hybridized carbons (Fsp3) is 0.160. The van der Waals surface area contributed by atoms with Gasteiger partial charge in [0.25, 0.3) is 5.91 Å². The first-order valence-electron chi connectivity index (χ1n) is 10.3. The van der Waals surface area contributed by atoms with Crippen LogP contribution in [0.3, 0.4) is 0 Å². The molecule has 32 heavy (non-hydrogen) atoms. The molecule has 0 heterocycles. The Morgan fingerprint density at radius 1 is 0.781 bits per heavy atom. The summed E-state index contributed by atoms with van der Waals surface area (Å²) in [5.41, 5.74) is 3.61. The summed E-state index contributed by atoms with van der Waals surface area (Å²) < 4.78 is 0. The second-order valence-electron chi connectivity index (χ2n) is 7.35. The van der Waals surface area contributed by atoms with Crippen LogP contribution in [-0.2, 0) is 4.79 Å². The average Bonchev–Trinajstić information content (AvgIpc) is 2.79. The Hall–Kier alpha value is -4.13. The normalized spacial score (nSPS) is 11.2. The zero-order valence-corrected chi connectivity index (χ0v) is 18.0. The number of rotatable bonds is 7. The summed E-state index contributed by atoms with van der Waals surface area (Å²) in [7, 11) is 0. The molecule has 1 atom stereocenters. The SMILES string of the molecule is Cc1ccccc1C(=O)NCC(=O)NC(C)c1ccc(NC(=O)Nc2ccccc2)cc1. The van der Waals surface area contributed by atoms with Crippen molar-refractivity contribution < 1.29 is 14.4 Å². The fourth-order valence-electron chi connectivity index (χ4n) is 3.13. The van der Waals surface area contributed by atoms with Crippen LogP contribution >= 0.6 is 0 Å². The minimum atomic E-state index is -0.338. The maximum Gasteiger partial charge on any atom is 0.323 e. The average molecular weight is 431 g/mol. The van der Waals surface area contributed by atoms with Gasteiger partial charge >= 0.3 is 6.03 Å². The molecule has 0 spiro atoms. The van der Waals surface area contributed by atoms with E-state index in [0.29, 0.717) is 16.9 Å². The second-order valence-corrected chi connectivity index (χ2v) is 7.35. The summed E-state index contributed by atoms with van der Waals surface area (Å²) in [6.45, 7) is 3.59. The number of anilines is 2. The molecule has 0 bridgehead atoms. The van der Waals surface area contributed by atoms with Crippen LogP contribution in [0.15, 0.2) is 78.9 Å². The maximum atomic E-state index is 12.2. The fourth-order valence-corrected chi connectivity index (χ4v) is 3.13. The Morgan fingerprint density at radius 2 is 1.38 bits per heavy atom. The second kappa shape index (κ2) is 10.8. The van der Waals surface area contributed by atoms with E-state index in [4.69, 9.17) is 0 Å². The molecule has 4 amide bonds. The first-order valence-corrected chi connectivity index (χ1v) is 10.3. The first-order chi connectivity index (χ1) is 15.4. The summed E-state index contributed by atoms with van der Waals surface area (Å²) in [5, 5.41) is 11.0. The van der Waals surface area contributed by atoms with Crippen molar-refractivity contribution in [2.75, 3.05) is 17.2 Å². The van der Waals surface area contributed by atoms with Crippen molar-refractivity contribution in [3.63, 3.8) is 0 Å². The number of carbonyl (C=O) groups excluding carboxylic acids is 3. The molecule has 0 aromatic heterocycles. The van der Waals surface area contributed by atoms with E-state index in [2.05, 4.69) is 21.3 Å². The van der Waals surface area contributed by atoms with Crippen molar-refractivity contribution in [2.45, 2.75) is 19.9 Å². The number of urea groups is 1. The summed E-state index contributed by atoms with van der Waals surface area (Å²) in [6, 6.07) is 23.0. The summed E-state index contributed by atoms with van der Waals surface area (Å²) in [5.74, 6) is -0.570. The van der Waals surface area contributed by atoms with E-state index in [1.165, 1.54) is 0 Å². The van der Waals surface area contributed by atoms with Gasteiger partial charge in [-0.3, -0.25) is 9.59 Å². The van der Waals surface area contributed by atoms with E-state index in [0.717, 1.165) is 11.1 Å². The molecular formula is C25H26N4O3. The van der Waals surface area contributed by atoms with Gasteiger partial charge in [0.1, 0.15) is 0 Å². The molecular weight excluding hydrogens is 404 g/mol. The third kappa shape index (κ3) is 6.43. The standard InChI is InChI=1S/C25H26N4O3/c1-17-8-6-7-11-22(17)24(31)26-16-23(30)27-18(2)19-12-14-21(15-13-19)29-25(32)28-20-9-4-3-5-10-20/h3-15,18H,16H2,1-2H3,(H,26,31)(H,27,30)(H2,28,29,32). The molecule has 7 nitrogen and oxygen atoms in total. The number of amides is 4. The molecule has 0 saturated carbocycles. The van der Waals surface area contributed by atoms with Crippen LogP contribution in [0, 0.1) is 6.92 Å². The highest BCUT2D eigenvalue weighted by Crippen LogP contribution is 2.16. The van der Waals surface area contributed by atoms with Crippen LogP contribution in [0.2, 0.25) is 0 Å². The van der Waals surface area contributed by atoms with E-state index >= 15 is 0 Å². The van der Waals surface area contributed by atoms with Gasteiger partial charge in [-0.15, -0.1) is 0 Å². The molecule has 7 heteroatoms. The van der Waals surface area contributed by atoms with Gasteiger partial charge in [-0.25, -0.2) is 4.79 Å². The Kier molecular flexibility index (Phi) is 7.59. The zero-order valence-electron chi connectivity index (χ0n) is 18.0. The number of hydrogen-bond acceptors (Lipinski definition) is 3. The lowest BCUT2D eigenvalue weighted by Gasteiger charge is -2.16. The van der Waals surface area contributed by atoms with Crippen LogP contribution < -0.4 is 21.3 Å². The Balaban J connectivity index is 1.47. The Morgan fingerprint density at radius 3 is 2.03 bits per heavy atom. The predicted octanol–water partition coefficient (Wildman–Crippen LogP) is 4.25. The van der Waals surface area contributed by atoms with Gasteiger partial charge in [0.15, 0.2) is 0 Å². The van der Waals surface area contributed by atoms with E-state index in [-0.39, 0.29) is 30.4 Å². The highest BCUT2D eigenvalue weighted by atomic mass is 16.2. The van der Waals surface area contributed by atoms with Crippen molar-refractivity contribution in [1.82, 2.24) is 10.6 Å². The van der Waals surface area contributed by atoms with E-state index in [9.17, 15) is 14.4 Å². The number of para-hydroxylation sites is 1. The Bertz CT molecular complexity index is 1080. The van der Waals surface area contributed by atoms with Gasteiger partial charge < -0.3 is 21.3 Å². The molecule has 0 aliphatic rings. The smallest absolute Gasteiger partial charge is 0.323 e. The van der Waals surface area contributed by atoms with Gasteiger partial charge in [-0.05, 0) is 55.3 Å². The van der Waals surface area contributed by atoms with Crippen LogP contribution in [-0.4, -0.2) is 24.4 Å². The summed E-state index contributed by atoms with van der Waals surface area (Å²) >= 11 is 0. The third-order valence-electron chi connectivity index (χ3n) is 4.88. The summed E-state index contributed by atoms with van der Waals surface area (Å²) in [6.07, 6.45) is 0. The van der Waals surface area contributed by atoms with Crippen molar-refractivity contribution in [3.05, 3.63) is 95.6 Å². The lowest BCUT2D eigenvalue weighted by Crippen LogP contribution is -2.38. The van der Waals surface area contributed by atoms with Crippen LogP contribution in [0.1, 0.15) is 34.5 Å². The number of benzene rings is 3. The molecule has 3 rings (SSSR count). The molecule has 0 fully saturated rings. The quantitative estimate of drug-likeness (QED) is 0.451. The molecule has 0 aliphatic heterocycles. The molecule has 0 aliphatic carbocycles. The molecule has 0 radical (unpaired) electrons. The minimum Gasteiger partial charge on any atom is -0.348 e. The van der Waals surface area contributed by atoms with Crippen LogP contribution in [0.5, 0.6) is 0 Å². The predicted molar refractivity (Wildman–Crippen MR) is 126 cm³/mol. The molecule has 164 valence electrons. The number of hydrogen-bond donors (Lipinski definition) is 4. The van der Waals surface area contributed by atoms with Crippen molar-refractivity contribution in [1.29, 1.82) is 0 Å². The number of nitrogens with one attached hydrogen (secondary N) is 4. The van der Waals surface area contributed by atoms with Crippen molar-refractivity contribution in [3.8, 4) is 0 Å². The maximum absolute atomic E-state index is 12.2. The monoisotopic (exact) mass is 430 g/mol.